The van der Waals surface area contributed by atoms with E-state index in [9.17, 15) is 4.79 Å². The van der Waals surface area contributed by atoms with Crippen molar-refractivity contribution in [2.24, 2.45) is 0 Å². The lowest BCUT2D eigenvalue weighted by molar-refractivity contribution is -0.142. The van der Waals surface area contributed by atoms with Crippen LogP contribution in [0.3, 0.4) is 0 Å². The Labute approximate surface area is 155 Å². The molecule has 0 aromatic heterocycles. The molecule has 0 bridgehead atoms. The fourth-order valence-electron chi connectivity index (χ4n) is 4.08. The van der Waals surface area contributed by atoms with Crippen LogP contribution >= 0.6 is 0 Å². The number of morpholine rings is 1. The number of nitrogens with zero attached hydrogens (tertiary/aromatic N) is 3. The summed E-state index contributed by atoms with van der Waals surface area (Å²) in [6.45, 7) is 7.56. The fourth-order valence-corrected chi connectivity index (χ4v) is 4.08. The zero-order chi connectivity index (χ0) is 17.8. The van der Waals surface area contributed by atoms with Gasteiger partial charge in [-0.15, -0.1) is 0 Å². The highest BCUT2D eigenvalue weighted by molar-refractivity contribution is 5.83. The molecule has 1 amide bonds. The fraction of sp³-hybridized carbons (Fsp3) is 0.650. The van der Waals surface area contributed by atoms with Crippen LogP contribution in [0.1, 0.15) is 19.3 Å². The second-order valence-corrected chi connectivity index (χ2v) is 7.36. The third kappa shape index (κ3) is 3.96. The summed E-state index contributed by atoms with van der Waals surface area (Å²) < 4.78 is 11.5. The van der Waals surface area contributed by atoms with E-state index in [0.717, 1.165) is 24.5 Å². The molecule has 1 aromatic carbocycles. The van der Waals surface area contributed by atoms with Crippen molar-refractivity contribution in [2.45, 2.75) is 25.4 Å². The van der Waals surface area contributed by atoms with Crippen molar-refractivity contribution in [2.75, 3.05) is 63.9 Å². The Balaban J connectivity index is 1.44. The number of hydrogen-bond acceptors (Lipinski definition) is 5. The van der Waals surface area contributed by atoms with Crippen LogP contribution in [0.25, 0.3) is 0 Å². The minimum atomic E-state index is -0.427. The lowest BCUT2D eigenvalue weighted by atomic mass is 10.1. The molecule has 6 nitrogen and oxygen atoms in total. The van der Waals surface area contributed by atoms with E-state index in [1.165, 1.54) is 32.4 Å². The first kappa shape index (κ1) is 17.6. The Morgan fingerprint density at radius 1 is 1.00 bits per heavy atom. The predicted molar refractivity (Wildman–Crippen MR) is 101 cm³/mol. The third-order valence-electron chi connectivity index (χ3n) is 5.59. The molecular weight excluding hydrogens is 330 g/mol. The molecule has 0 aliphatic carbocycles. The Bertz CT molecular complexity index is 612. The second kappa shape index (κ2) is 8.27. The number of amides is 1. The summed E-state index contributed by atoms with van der Waals surface area (Å²) in [7, 11) is 0. The summed E-state index contributed by atoms with van der Waals surface area (Å²) in [5.41, 5.74) is 1.11. The first-order valence-electron chi connectivity index (χ1n) is 9.91. The topological polar surface area (TPSA) is 45.2 Å². The number of likely N-dealkylation sites (tertiary alicyclic amines) is 1. The van der Waals surface area contributed by atoms with Gasteiger partial charge in [0.25, 0.3) is 5.91 Å². The summed E-state index contributed by atoms with van der Waals surface area (Å²) in [6.07, 6.45) is 3.53. The van der Waals surface area contributed by atoms with Crippen molar-refractivity contribution in [1.29, 1.82) is 0 Å². The Morgan fingerprint density at radius 3 is 2.58 bits per heavy atom. The SMILES string of the molecule is O=C(C1CN(CCN2CCCCC2)c2ccccc2O1)N1CCOCC1. The molecule has 0 saturated carbocycles. The third-order valence-corrected chi connectivity index (χ3v) is 5.59. The number of carbonyl (C=O) groups excluding carboxylic acids is 1. The number of anilines is 1. The Morgan fingerprint density at radius 2 is 1.77 bits per heavy atom. The van der Waals surface area contributed by atoms with Crippen LogP contribution in [0.5, 0.6) is 5.75 Å². The summed E-state index contributed by atoms with van der Waals surface area (Å²) in [4.78, 5) is 19.7. The summed E-state index contributed by atoms with van der Waals surface area (Å²) >= 11 is 0. The van der Waals surface area contributed by atoms with Crippen LogP contribution in [0.15, 0.2) is 24.3 Å². The first-order valence-corrected chi connectivity index (χ1v) is 9.91. The Hall–Kier alpha value is -1.79. The average molecular weight is 359 g/mol. The monoisotopic (exact) mass is 359 g/mol. The maximum absolute atomic E-state index is 12.9. The minimum absolute atomic E-state index is 0.0887. The number of ether oxygens (including phenoxy) is 2. The summed E-state index contributed by atoms with van der Waals surface area (Å²) in [5, 5.41) is 0. The van der Waals surface area contributed by atoms with E-state index >= 15 is 0 Å². The van der Waals surface area contributed by atoms with E-state index in [-0.39, 0.29) is 5.91 Å². The van der Waals surface area contributed by atoms with Crippen LogP contribution in [0, 0.1) is 0 Å². The zero-order valence-electron chi connectivity index (χ0n) is 15.4. The van der Waals surface area contributed by atoms with Crippen LogP contribution in [0.2, 0.25) is 0 Å². The molecular formula is C20H29N3O3. The lowest BCUT2D eigenvalue weighted by Gasteiger charge is -2.39. The van der Waals surface area contributed by atoms with Gasteiger partial charge in [-0.2, -0.15) is 0 Å². The highest BCUT2D eigenvalue weighted by Gasteiger charge is 2.34. The number of piperidine rings is 1. The summed E-state index contributed by atoms with van der Waals surface area (Å²) in [5.74, 6) is 0.912. The zero-order valence-corrected chi connectivity index (χ0v) is 15.4. The molecule has 142 valence electrons. The number of rotatable bonds is 4. The normalized spacial score (nSPS) is 24.1. The van der Waals surface area contributed by atoms with E-state index in [2.05, 4.69) is 15.9 Å². The molecule has 1 unspecified atom stereocenters. The molecule has 2 fully saturated rings. The number of fused-ring (bicyclic) bond motifs is 1. The van der Waals surface area contributed by atoms with Gasteiger partial charge in [0.2, 0.25) is 0 Å². The van der Waals surface area contributed by atoms with Crippen LogP contribution in [-0.4, -0.2) is 80.8 Å². The van der Waals surface area contributed by atoms with E-state index in [1.54, 1.807) is 0 Å². The molecule has 6 heteroatoms. The van der Waals surface area contributed by atoms with Crippen molar-refractivity contribution in [3.63, 3.8) is 0 Å². The molecule has 3 heterocycles. The van der Waals surface area contributed by atoms with E-state index in [1.807, 2.05) is 23.1 Å². The molecule has 0 spiro atoms. The molecule has 0 N–H and O–H groups in total. The molecule has 1 atom stereocenters. The molecule has 2 saturated heterocycles. The number of benzene rings is 1. The van der Waals surface area contributed by atoms with Crippen molar-refractivity contribution < 1.29 is 14.3 Å². The van der Waals surface area contributed by atoms with Gasteiger partial charge >= 0.3 is 0 Å². The summed E-state index contributed by atoms with van der Waals surface area (Å²) in [6, 6.07) is 8.09. The largest absolute Gasteiger partial charge is 0.477 e. The van der Waals surface area contributed by atoms with Crippen molar-refractivity contribution in [3.8, 4) is 5.75 Å². The van der Waals surface area contributed by atoms with Crippen molar-refractivity contribution in [1.82, 2.24) is 9.80 Å². The van der Waals surface area contributed by atoms with Gasteiger partial charge in [-0.25, -0.2) is 0 Å². The minimum Gasteiger partial charge on any atom is -0.477 e. The maximum atomic E-state index is 12.9. The van der Waals surface area contributed by atoms with E-state index in [0.29, 0.717) is 32.8 Å². The van der Waals surface area contributed by atoms with Crippen molar-refractivity contribution >= 4 is 11.6 Å². The van der Waals surface area contributed by atoms with E-state index < -0.39 is 6.10 Å². The van der Waals surface area contributed by atoms with Crippen molar-refractivity contribution in [3.05, 3.63) is 24.3 Å². The van der Waals surface area contributed by atoms with Crippen LogP contribution in [0.4, 0.5) is 5.69 Å². The van der Waals surface area contributed by atoms with Crippen LogP contribution in [-0.2, 0) is 9.53 Å². The molecule has 1 aromatic rings. The number of para-hydroxylation sites is 2. The molecule has 3 aliphatic heterocycles. The average Bonchev–Trinajstić information content (AvgIpc) is 2.72. The first-order chi connectivity index (χ1) is 12.8. The quantitative estimate of drug-likeness (QED) is 0.817. The molecule has 26 heavy (non-hydrogen) atoms. The highest BCUT2D eigenvalue weighted by atomic mass is 16.5. The van der Waals surface area contributed by atoms with Gasteiger partial charge in [-0.05, 0) is 38.1 Å². The van der Waals surface area contributed by atoms with Gasteiger partial charge in [-0.3, -0.25) is 4.79 Å². The van der Waals surface area contributed by atoms with Gasteiger partial charge in [-0.1, -0.05) is 18.6 Å². The Kier molecular flexibility index (Phi) is 5.60. The maximum Gasteiger partial charge on any atom is 0.265 e. The number of carbonyl (C=O) groups is 1. The molecule has 4 rings (SSSR count). The van der Waals surface area contributed by atoms with Gasteiger partial charge in [0.1, 0.15) is 5.75 Å². The predicted octanol–water partition coefficient (Wildman–Crippen LogP) is 1.60. The van der Waals surface area contributed by atoms with E-state index in [4.69, 9.17) is 9.47 Å². The van der Waals surface area contributed by atoms with Gasteiger partial charge in [0.15, 0.2) is 6.10 Å². The highest BCUT2D eigenvalue weighted by Crippen LogP contribution is 2.33. The second-order valence-electron chi connectivity index (χ2n) is 7.36. The standard InChI is InChI=1S/C20H29N3O3/c24-20(22-12-14-25-15-13-22)19-16-23(11-10-21-8-4-1-5-9-21)17-6-2-3-7-18(17)26-19/h2-3,6-7,19H,1,4-5,8-16H2. The van der Waals surface area contributed by atoms with Gasteiger partial charge in [0.05, 0.1) is 25.4 Å². The molecule has 0 radical (unpaired) electrons. The van der Waals surface area contributed by atoms with Crippen LogP contribution < -0.4 is 9.64 Å². The van der Waals surface area contributed by atoms with Gasteiger partial charge < -0.3 is 24.2 Å². The molecule has 3 aliphatic rings. The smallest absolute Gasteiger partial charge is 0.265 e. The number of hydrogen-bond donors (Lipinski definition) is 0. The van der Waals surface area contributed by atoms with Gasteiger partial charge in [0, 0.05) is 26.2 Å². The lowest BCUT2D eigenvalue weighted by Crippen LogP contribution is -2.53.